The van der Waals surface area contributed by atoms with Crippen molar-refractivity contribution in [1.29, 1.82) is 0 Å². The number of hydrogen-bond acceptors (Lipinski definition) is 4. The molecule has 1 amide bonds. The minimum Gasteiger partial charge on any atom is -0.452 e. The van der Waals surface area contributed by atoms with Crippen LogP contribution in [0.4, 0.5) is 0 Å². The first-order valence-corrected chi connectivity index (χ1v) is 9.74. The lowest BCUT2D eigenvalue weighted by Gasteiger charge is -2.14. The van der Waals surface area contributed by atoms with E-state index in [0.717, 1.165) is 15.7 Å². The number of H-pyrrole nitrogens is 1. The van der Waals surface area contributed by atoms with Crippen LogP contribution in [0.25, 0.3) is 5.69 Å². The molecule has 0 fully saturated rings. The molecule has 0 saturated heterocycles. The summed E-state index contributed by atoms with van der Waals surface area (Å²) in [5, 5.41) is 2.79. The summed E-state index contributed by atoms with van der Waals surface area (Å²) < 4.78 is 7.54. The second kappa shape index (κ2) is 8.91. The van der Waals surface area contributed by atoms with Gasteiger partial charge in [0.2, 0.25) is 0 Å². The first-order chi connectivity index (χ1) is 13.8. The number of hydrogen-bond donors (Lipinski definition) is 2. The van der Waals surface area contributed by atoms with Gasteiger partial charge in [-0.3, -0.25) is 9.36 Å². The Kier molecular flexibility index (Phi) is 6.33. The number of ether oxygens (including phenoxy) is 1. The van der Waals surface area contributed by atoms with Gasteiger partial charge in [-0.05, 0) is 55.8 Å². The number of halogens is 1. The predicted octanol–water partition coefficient (Wildman–Crippen LogP) is 3.27. The van der Waals surface area contributed by atoms with Crippen molar-refractivity contribution in [3.63, 3.8) is 0 Å². The maximum Gasteiger partial charge on any atom is 0.338 e. The summed E-state index contributed by atoms with van der Waals surface area (Å²) in [7, 11) is 0. The van der Waals surface area contributed by atoms with Gasteiger partial charge in [0.1, 0.15) is 0 Å². The van der Waals surface area contributed by atoms with Gasteiger partial charge in [-0.15, -0.1) is 0 Å². The van der Waals surface area contributed by atoms with Gasteiger partial charge >= 0.3 is 11.7 Å². The molecule has 0 aliphatic carbocycles. The Morgan fingerprint density at radius 3 is 2.38 bits per heavy atom. The number of nitrogens with one attached hydrogen (secondary N) is 2. The van der Waals surface area contributed by atoms with E-state index in [4.69, 9.17) is 4.74 Å². The molecule has 1 unspecified atom stereocenters. The predicted molar refractivity (Wildman–Crippen MR) is 112 cm³/mol. The largest absolute Gasteiger partial charge is 0.452 e. The van der Waals surface area contributed by atoms with E-state index in [9.17, 15) is 14.4 Å². The van der Waals surface area contributed by atoms with Crippen LogP contribution in [0.1, 0.15) is 34.6 Å². The standard InChI is InChI=1S/C21H20BrN3O4/c1-13-11-23-21(28)25(13)18-9-5-16(6-10-18)20(27)29-12-19(26)24-14(2)15-3-7-17(22)8-4-15/h3-11,14H,12H2,1-2H3,(H,23,28)(H,24,26). The molecule has 0 radical (unpaired) electrons. The zero-order valence-electron chi connectivity index (χ0n) is 15.9. The van der Waals surface area contributed by atoms with E-state index in [2.05, 4.69) is 26.2 Å². The lowest BCUT2D eigenvalue weighted by Crippen LogP contribution is -2.31. The number of aromatic nitrogens is 2. The fraction of sp³-hybridized carbons (Fsp3) is 0.190. The Morgan fingerprint density at radius 2 is 1.79 bits per heavy atom. The number of nitrogens with zero attached hydrogens (tertiary/aromatic N) is 1. The van der Waals surface area contributed by atoms with E-state index in [1.165, 1.54) is 4.57 Å². The van der Waals surface area contributed by atoms with Gasteiger partial charge in [-0.25, -0.2) is 9.59 Å². The van der Waals surface area contributed by atoms with Crippen molar-refractivity contribution in [2.75, 3.05) is 6.61 Å². The maximum atomic E-state index is 12.2. The average Bonchev–Trinajstić information content (AvgIpc) is 3.05. The highest BCUT2D eigenvalue weighted by Gasteiger charge is 2.14. The number of carbonyl (C=O) groups excluding carboxylic acids is 2. The normalized spacial score (nSPS) is 11.7. The SMILES string of the molecule is Cc1c[nH]c(=O)n1-c1ccc(C(=O)OCC(=O)NC(C)c2ccc(Br)cc2)cc1. The summed E-state index contributed by atoms with van der Waals surface area (Å²) in [6.07, 6.45) is 1.61. The van der Waals surface area contributed by atoms with Crippen LogP contribution in [0.15, 0.2) is 64.0 Å². The molecule has 7 nitrogen and oxygen atoms in total. The monoisotopic (exact) mass is 457 g/mol. The number of carbonyl (C=O) groups is 2. The van der Waals surface area contributed by atoms with E-state index >= 15 is 0 Å². The number of benzene rings is 2. The van der Waals surface area contributed by atoms with Gasteiger partial charge in [0.15, 0.2) is 6.61 Å². The van der Waals surface area contributed by atoms with Crippen LogP contribution in [0.2, 0.25) is 0 Å². The van der Waals surface area contributed by atoms with Crippen LogP contribution in [0, 0.1) is 6.92 Å². The summed E-state index contributed by atoms with van der Waals surface area (Å²) in [6.45, 7) is 3.28. The van der Waals surface area contributed by atoms with Crippen molar-refractivity contribution < 1.29 is 14.3 Å². The highest BCUT2D eigenvalue weighted by molar-refractivity contribution is 9.10. The summed E-state index contributed by atoms with van der Waals surface area (Å²) in [5.74, 6) is -0.999. The average molecular weight is 458 g/mol. The number of aromatic amines is 1. The molecule has 29 heavy (non-hydrogen) atoms. The topological polar surface area (TPSA) is 93.2 Å². The van der Waals surface area contributed by atoms with E-state index in [0.29, 0.717) is 11.3 Å². The van der Waals surface area contributed by atoms with Crippen molar-refractivity contribution in [2.45, 2.75) is 19.9 Å². The van der Waals surface area contributed by atoms with Crippen LogP contribution >= 0.6 is 15.9 Å². The van der Waals surface area contributed by atoms with E-state index in [1.54, 1.807) is 37.4 Å². The third-order valence-electron chi connectivity index (χ3n) is 4.40. The van der Waals surface area contributed by atoms with Crippen molar-refractivity contribution in [1.82, 2.24) is 14.9 Å². The van der Waals surface area contributed by atoms with Gasteiger partial charge in [-0.2, -0.15) is 0 Å². The van der Waals surface area contributed by atoms with Gasteiger partial charge in [-0.1, -0.05) is 28.1 Å². The van der Waals surface area contributed by atoms with Crippen molar-refractivity contribution >= 4 is 27.8 Å². The Bertz CT molecular complexity index is 1070. The first-order valence-electron chi connectivity index (χ1n) is 8.94. The fourth-order valence-corrected chi connectivity index (χ4v) is 3.12. The number of esters is 1. The minimum absolute atomic E-state index is 0.212. The lowest BCUT2D eigenvalue weighted by molar-refractivity contribution is -0.124. The molecule has 3 aromatic rings. The Balaban J connectivity index is 1.55. The molecular formula is C21H20BrN3O4. The van der Waals surface area contributed by atoms with Gasteiger partial charge in [0, 0.05) is 16.4 Å². The quantitative estimate of drug-likeness (QED) is 0.555. The van der Waals surface area contributed by atoms with E-state index in [1.807, 2.05) is 31.2 Å². The molecule has 8 heteroatoms. The van der Waals surface area contributed by atoms with Crippen LogP contribution in [-0.4, -0.2) is 28.0 Å². The van der Waals surface area contributed by atoms with Gasteiger partial charge < -0.3 is 15.0 Å². The Labute approximate surface area is 175 Å². The number of imidazole rings is 1. The molecule has 0 saturated carbocycles. The summed E-state index contributed by atoms with van der Waals surface area (Å²) in [5.41, 5.74) is 2.37. The van der Waals surface area contributed by atoms with Crippen molar-refractivity contribution in [3.05, 3.63) is 86.5 Å². The molecule has 0 aliphatic heterocycles. The zero-order valence-corrected chi connectivity index (χ0v) is 17.5. The minimum atomic E-state index is -0.610. The summed E-state index contributed by atoms with van der Waals surface area (Å²) in [4.78, 5) is 38.7. The fourth-order valence-electron chi connectivity index (χ4n) is 2.86. The lowest BCUT2D eigenvalue weighted by atomic mass is 10.1. The van der Waals surface area contributed by atoms with Crippen LogP contribution in [0.5, 0.6) is 0 Å². The van der Waals surface area contributed by atoms with Crippen molar-refractivity contribution in [3.8, 4) is 5.69 Å². The molecule has 0 bridgehead atoms. The third-order valence-corrected chi connectivity index (χ3v) is 4.93. The highest BCUT2D eigenvalue weighted by atomic mass is 79.9. The van der Waals surface area contributed by atoms with Gasteiger partial charge in [0.05, 0.1) is 17.3 Å². The number of amides is 1. The zero-order chi connectivity index (χ0) is 21.0. The highest BCUT2D eigenvalue weighted by Crippen LogP contribution is 2.16. The van der Waals surface area contributed by atoms with E-state index in [-0.39, 0.29) is 24.2 Å². The molecule has 1 atom stereocenters. The summed E-state index contributed by atoms with van der Waals surface area (Å²) >= 11 is 3.37. The molecule has 3 rings (SSSR count). The Hall–Kier alpha value is -3.13. The third kappa shape index (κ3) is 5.03. The smallest absolute Gasteiger partial charge is 0.338 e. The second-order valence-corrected chi connectivity index (χ2v) is 7.45. The van der Waals surface area contributed by atoms with E-state index < -0.39 is 5.97 Å². The van der Waals surface area contributed by atoms with Gasteiger partial charge in [0.25, 0.3) is 5.91 Å². The summed E-state index contributed by atoms with van der Waals surface area (Å²) in [6, 6.07) is 13.8. The van der Waals surface area contributed by atoms with Crippen LogP contribution in [-0.2, 0) is 9.53 Å². The molecule has 0 aliphatic rings. The second-order valence-electron chi connectivity index (χ2n) is 6.53. The Morgan fingerprint density at radius 1 is 1.14 bits per heavy atom. The number of aryl methyl sites for hydroxylation is 1. The first kappa shape index (κ1) is 20.6. The molecular weight excluding hydrogens is 438 g/mol. The molecule has 0 spiro atoms. The molecule has 2 aromatic carbocycles. The molecule has 1 heterocycles. The molecule has 150 valence electrons. The van der Waals surface area contributed by atoms with Crippen LogP contribution < -0.4 is 11.0 Å². The molecule has 2 N–H and O–H groups in total. The molecule has 1 aromatic heterocycles. The van der Waals surface area contributed by atoms with Crippen molar-refractivity contribution in [2.24, 2.45) is 0 Å². The number of rotatable bonds is 6. The van der Waals surface area contributed by atoms with Crippen LogP contribution in [0.3, 0.4) is 0 Å². The maximum absolute atomic E-state index is 12.2.